The molecule has 2 aliphatic rings. The molecule has 0 bridgehead atoms. The van der Waals surface area contributed by atoms with E-state index in [4.69, 9.17) is 10.5 Å². The second-order valence-corrected chi connectivity index (χ2v) is 6.48. The molecule has 4 heteroatoms. The molecule has 0 aromatic heterocycles. The summed E-state index contributed by atoms with van der Waals surface area (Å²) in [5.74, 6) is 1.55. The topological polar surface area (TPSA) is 59.6 Å². The summed E-state index contributed by atoms with van der Waals surface area (Å²) in [7, 11) is 1.72. The molecule has 2 aliphatic carbocycles. The number of hydrogen-bond acceptors (Lipinski definition) is 2. The molecule has 0 heterocycles. The third-order valence-corrected chi connectivity index (χ3v) is 4.92. The molecule has 1 aromatic carbocycles. The highest BCUT2D eigenvalue weighted by Crippen LogP contribution is 2.52. The monoisotopic (exact) mass is 287 g/mol. The third-order valence-electron chi connectivity index (χ3n) is 4.92. The predicted octanol–water partition coefficient (Wildman–Crippen LogP) is 2.57. The molecule has 2 saturated carbocycles. The molecule has 2 fully saturated rings. The van der Waals surface area contributed by atoms with E-state index >= 15 is 0 Å². The van der Waals surface area contributed by atoms with Crippen LogP contribution in [0.4, 0.5) is 0 Å². The van der Waals surface area contributed by atoms with Crippen LogP contribution in [0.1, 0.15) is 44.6 Å². The van der Waals surface area contributed by atoms with Crippen LogP contribution in [0.15, 0.2) is 29.3 Å². The van der Waals surface area contributed by atoms with E-state index in [2.05, 4.69) is 29.4 Å². The lowest BCUT2D eigenvalue weighted by Gasteiger charge is -2.16. The van der Waals surface area contributed by atoms with Gasteiger partial charge in [-0.05, 0) is 25.3 Å². The normalized spacial score (nSPS) is 29.4. The van der Waals surface area contributed by atoms with E-state index in [1.165, 1.54) is 31.2 Å². The van der Waals surface area contributed by atoms with Crippen molar-refractivity contribution in [1.29, 1.82) is 0 Å². The van der Waals surface area contributed by atoms with E-state index in [0.29, 0.717) is 12.0 Å². The molecule has 114 valence electrons. The number of nitrogens with zero attached hydrogens (tertiary/aromatic N) is 1. The molecule has 2 unspecified atom stereocenters. The minimum Gasteiger partial charge on any atom is -0.496 e. The van der Waals surface area contributed by atoms with Crippen LogP contribution in [0.2, 0.25) is 0 Å². The number of benzene rings is 1. The van der Waals surface area contributed by atoms with Gasteiger partial charge in [-0.15, -0.1) is 0 Å². The minimum absolute atomic E-state index is 0.0502. The van der Waals surface area contributed by atoms with Gasteiger partial charge >= 0.3 is 0 Å². The highest BCUT2D eigenvalue weighted by atomic mass is 16.5. The van der Waals surface area contributed by atoms with Crippen molar-refractivity contribution in [2.24, 2.45) is 10.7 Å². The van der Waals surface area contributed by atoms with Crippen LogP contribution in [0.5, 0.6) is 5.75 Å². The molecular formula is C17H25N3O. The van der Waals surface area contributed by atoms with Gasteiger partial charge in [0.05, 0.1) is 13.2 Å². The summed E-state index contributed by atoms with van der Waals surface area (Å²) in [4.78, 5) is 4.68. The van der Waals surface area contributed by atoms with Crippen LogP contribution < -0.4 is 15.8 Å². The average Bonchev–Trinajstić information content (AvgIpc) is 2.89. The second-order valence-electron chi connectivity index (χ2n) is 6.48. The van der Waals surface area contributed by atoms with Crippen LogP contribution in [-0.2, 0) is 5.41 Å². The Kier molecular flexibility index (Phi) is 3.79. The van der Waals surface area contributed by atoms with Gasteiger partial charge in [-0.2, -0.15) is 0 Å². The molecule has 0 spiro atoms. The lowest BCUT2D eigenvalue weighted by Crippen LogP contribution is -2.39. The first kappa shape index (κ1) is 14.2. The Labute approximate surface area is 126 Å². The van der Waals surface area contributed by atoms with Gasteiger partial charge in [-0.3, -0.25) is 0 Å². The van der Waals surface area contributed by atoms with Crippen LogP contribution in [0.3, 0.4) is 0 Å². The first-order valence-corrected chi connectivity index (χ1v) is 7.87. The lowest BCUT2D eigenvalue weighted by molar-refractivity contribution is 0.405. The van der Waals surface area contributed by atoms with Gasteiger partial charge in [0.15, 0.2) is 5.96 Å². The quantitative estimate of drug-likeness (QED) is 0.661. The van der Waals surface area contributed by atoms with E-state index < -0.39 is 0 Å². The number of nitrogens with one attached hydrogen (secondary N) is 1. The highest BCUT2D eigenvalue weighted by molar-refractivity contribution is 5.79. The Bertz CT molecular complexity index is 537. The fourth-order valence-electron chi connectivity index (χ4n) is 3.42. The number of nitrogens with two attached hydrogens (primary N) is 1. The first-order valence-electron chi connectivity index (χ1n) is 7.87. The molecule has 0 radical (unpaired) electrons. The maximum absolute atomic E-state index is 6.07. The Hall–Kier alpha value is -1.71. The van der Waals surface area contributed by atoms with Crippen molar-refractivity contribution in [3.8, 4) is 5.75 Å². The van der Waals surface area contributed by atoms with Gasteiger partial charge in [-0.25, -0.2) is 4.99 Å². The van der Waals surface area contributed by atoms with Crippen molar-refractivity contribution < 1.29 is 4.74 Å². The fraction of sp³-hybridized carbons (Fsp3) is 0.588. The summed E-state index contributed by atoms with van der Waals surface area (Å²) in [6.07, 6.45) is 6.05. The zero-order valence-electron chi connectivity index (χ0n) is 12.9. The number of para-hydroxylation sites is 1. The van der Waals surface area contributed by atoms with Gasteiger partial charge in [-0.1, -0.05) is 38.0 Å². The summed E-state index contributed by atoms with van der Waals surface area (Å²) in [6.45, 7) is 2.24. The summed E-state index contributed by atoms with van der Waals surface area (Å²) < 4.78 is 5.48. The zero-order valence-corrected chi connectivity index (χ0v) is 12.9. The molecule has 0 aliphatic heterocycles. The average molecular weight is 287 g/mol. The summed E-state index contributed by atoms with van der Waals surface area (Å²) in [5, 5.41) is 3.36. The summed E-state index contributed by atoms with van der Waals surface area (Å²) >= 11 is 0. The first-order chi connectivity index (χ1) is 10.1. The molecule has 0 amide bonds. The smallest absolute Gasteiger partial charge is 0.189 e. The lowest BCUT2D eigenvalue weighted by atomic mass is 9.96. The van der Waals surface area contributed by atoms with Crippen LogP contribution in [0, 0.1) is 0 Å². The number of guanidine groups is 1. The molecule has 1 aromatic rings. The predicted molar refractivity (Wildman–Crippen MR) is 85.8 cm³/mol. The number of ether oxygens (including phenoxy) is 1. The van der Waals surface area contributed by atoms with Crippen LogP contribution >= 0.6 is 0 Å². The second kappa shape index (κ2) is 5.58. The summed E-state index contributed by atoms with van der Waals surface area (Å²) in [5.41, 5.74) is 7.35. The van der Waals surface area contributed by atoms with Gasteiger partial charge < -0.3 is 15.8 Å². The molecule has 0 saturated heterocycles. The van der Waals surface area contributed by atoms with E-state index in [1.807, 2.05) is 12.1 Å². The summed E-state index contributed by atoms with van der Waals surface area (Å²) in [6, 6.07) is 8.98. The van der Waals surface area contributed by atoms with Gasteiger partial charge in [0.1, 0.15) is 5.75 Å². The number of hydrogen-bond donors (Lipinski definition) is 2. The van der Waals surface area contributed by atoms with Crippen molar-refractivity contribution in [2.75, 3.05) is 7.11 Å². The van der Waals surface area contributed by atoms with E-state index in [9.17, 15) is 0 Å². The van der Waals surface area contributed by atoms with Gasteiger partial charge in [0.25, 0.3) is 0 Å². The minimum atomic E-state index is 0.0502. The van der Waals surface area contributed by atoms with Crippen molar-refractivity contribution in [1.82, 2.24) is 5.32 Å². The van der Waals surface area contributed by atoms with Crippen molar-refractivity contribution in [2.45, 2.75) is 56.5 Å². The molecule has 3 N–H and O–H groups in total. The third kappa shape index (κ3) is 2.85. The maximum Gasteiger partial charge on any atom is 0.189 e. The zero-order chi connectivity index (χ0) is 14.9. The number of methoxy groups -OCH3 is 1. The van der Waals surface area contributed by atoms with Gasteiger partial charge in [0, 0.05) is 17.0 Å². The molecule has 2 atom stereocenters. The van der Waals surface area contributed by atoms with Crippen molar-refractivity contribution >= 4 is 5.96 Å². The van der Waals surface area contributed by atoms with E-state index in [-0.39, 0.29) is 11.5 Å². The Morgan fingerprint density at radius 3 is 2.76 bits per heavy atom. The Morgan fingerprint density at radius 1 is 1.33 bits per heavy atom. The molecular weight excluding hydrogens is 262 g/mol. The molecule has 3 rings (SSSR count). The Morgan fingerprint density at radius 2 is 2.05 bits per heavy atom. The van der Waals surface area contributed by atoms with Crippen molar-refractivity contribution in [3.05, 3.63) is 29.8 Å². The molecule has 21 heavy (non-hydrogen) atoms. The number of aliphatic imine (C=N–C) groups is 1. The van der Waals surface area contributed by atoms with E-state index in [0.717, 1.165) is 12.2 Å². The fourth-order valence-corrected chi connectivity index (χ4v) is 3.42. The number of rotatable bonds is 4. The standard InChI is InChI=1S/C17H25N3O/c1-17(13-9-5-6-10-14(13)21-2)11-15(17)20-16(18)19-12-7-3-4-8-12/h5-6,9-10,12,15H,3-4,7-8,11H2,1-2H3,(H3,18,19,20). The van der Waals surface area contributed by atoms with Crippen LogP contribution in [-0.4, -0.2) is 25.2 Å². The highest BCUT2D eigenvalue weighted by Gasteiger charge is 2.53. The van der Waals surface area contributed by atoms with E-state index in [1.54, 1.807) is 7.11 Å². The maximum atomic E-state index is 6.07. The van der Waals surface area contributed by atoms with Gasteiger partial charge in [0.2, 0.25) is 0 Å². The van der Waals surface area contributed by atoms with Crippen molar-refractivity contribution in [3.63, 3.8) is 0 Å². The SMILES string of the molecule is COc1ccccc1C1(C)CC1N=C(N)NC1CCCC1. The molecule has 4 nitrogen and oxygen atoms in total. The van der Waals surface area contributed by atoms with Crippen LogP contribution in [0.25, 0.3) is 0 Å². The largest absolute Gasteiger partial charge is 0.496 e. The Balaban J connectivity index is 1.69.